The van der Waals surface area contributed by atoms with E-state index in [4.69, 9.17) is 20.6 Å². The predicted octanol–water partition coefficient (Wildman–Crippen LogP) is 2.03. The Hall–Kier alpha value is -2.43. The first-order valence-corrected chi connectivity index (χ1v) is 10.2. The number of sulfonamides is 1. The Labute approximate surface area is 160 Å². The number of benzene rings is 1. The van der Waals surface area contributed by atoms with Crippen LogP contribution in [0, 0.1) is 0 Å². The molecular formula is C16H16ClN5O4S. The first kappa shape index (κ1) is 18.0. The molecule has 3 heterocycles. The van der Waals surface area contributed by atoms with Crippen molar-refractivity contribution >= 4 is 27.6 Å². The molecule has 0 amide bonds. The molecule has 1 fully saturated rings. The summed E-state index contributed by atoms with van der Waals surface area (Å²) in [5, 5.41) is 8.23. The minimum Gasteiger partial charge on any atom is -0.364 e. The summed E-state index contributed by atoms with van der Waals surface area (Å²) < 4.78 is 36.4. The average molecular weight is 410 g/mol. The van der Waals surface area contributed by atoms with Gasteiger partial charge in [-0.2, -0.15) is 9.29 Å². The zero-order chi connectivity index (χ0) is 18.9. The van der Waals surface area contributed by atoms with Crippen molar-refractivity contribution in [2.45, 2.75) is 5.75 Å². The van der Waals surface area contributed by atoms with E-state index in [1.807, 2.05) is 17.0 Å². The monoisotopic (exact) mass is 409 g/mol. The molecule has 2 aromatic heterocycles. The molecule has 0 radical (unpaired) electrons. The second-order valence-electron chi connectivity index (χ2n) is 6.04. The number of hydrogen-bond acceptors (Lipinski definition) is 8. The lowest BCUT2D eigenvalue weighted by molar-refractivity contribution is 0.354. The normalized spacial score (nSPS) is 16.0. The van der Waals surface area contributed by atoms with Crippen LogP contribution in [0.5, 0.6) is 0 Å². The Balaban J connectivity index is 1.41. The van der Waals surface area contributed by atoms with Gasteiger partial charge in [-0.1, -0.05) is 34.0 Å². The van der Waals surface area contributed by atoms with E-state index in [0.29, 0.717) is 48.7 Å². The summed E-state index contributed by atoms with van der Waals surface area (Å²) in [4.78, 5) is 6.26. The van der Waals surface area contributed by atoms with Gasteiger partial charge in [-0.25, -0.2) is 8.42 Å². The molecular weight excluding hydrogens is 394 g/mol. The SMILES string of the molecule is O=S(=O)(Cc1ccon1)N1CCN(c2nc(-c3cccc(Cl)c3)no2)CC1. The van der Waals surface area contributed by atoms with Crippen LogP contribution in [0.3, 0.4) is 0 Å². The number of rotatable bonds is 5. The molecule has 0 aliphatic carbocycles. The highest BCUT2D eigenvalue weighted by Crippen LogP contribution is 2.23. The van der Waals surface area contributed by atoms with Crippen LogP contribution in [-0.4, -0.2) is 54.2 Å². The molecule has 0 atom stereocenters. The fourth-order valence-electron chi connectivity index (χ4n) is 2.84. The molecule has 1 aliphatic heterocycles. The molecule has 0 bridgehead atoms. The van der Waals surface area contributed by atoms with Crippen molar-refractivity contribution < 1.29 is 17.5 Å². The summed E-state index contributed by atoms with van der Waals surface area (Å²) in [6.45, 7) is 1.56. The van der Waals surface area contributed by atoms with E-state index in [1.165, 1.54) is 10.6 Å². The van der Waals surface area contributed by atoms with E-state index in [0.717, 1.165) is 5.56 Å². The van der Waals surface area contributed by atoms with Crippen LogP contribution in [-0.2, 0) is 15.8 Å². The Morgan fingerprint density at radius 3 is 2.63 bits per heavy atom. The molecule has 27 heavy (non-hydrogen) atoms. The van der Waals surface area contributed by atoms with Crippen molar-refractivity contribution in [2.75, 3.05) is 31.1 Å². The number of piperazine rings is 1. The largest absolute Gasteiger partial charge is 0.364 e. The second kappa shape index (κ2) is 7.29. The summed E-state index contributed by atoms with van der Waals surface area (Å²) in [7, 11) is -3.45. The molecule has 1 aromatic carbocycles. The third kappa shape index (κ3) is 3.97. The van der Waals surface area contributed by atoms with E-state index in [9.17, 15) is 8.42 Å². The van der Waals surface area contributed by atoms with Crippen LogP contribution in [0.1, 0.15) is 5.69 Å². The van der Waals surface area contributed by atoms with Gasteiger partial charge >= 0.3 is 6.01 Å². The highest BCUT2D eigenvalue weighted by Gasteiger charge is 2.29. The molecule has 1 aliphatic rings. The highest BCUT2D eigenvalue weighted by atomic mass is 35.5. The van der Waals surface area contributed by atoms with Crippen LogP contribution >= 0.6 is 11.6 Å². The van der Waals surface area contributed by atoms with Gasteiger partial charge in [0.15, 0.2) is 0 Å². The van der Waals surface area contributed by atoms with Gasteiger partial charge in [-0.15, -0.1) is 0 Å². The highest BCUT2D eigenvalue weighted by molar-refractivity contribution is 7.88. The first-order chi connectivity index (χ1) is 13.0. The van der Waals surface area contributed by atoms with Gasteiger partial charge in [0.05, 0.1) is 5.69 Å². The average Bonchev–Trinajstić information content (AvgIpc) is 3.33. The topological polar surface area (TPSA) is 106 Å². The van der Waals surface area contributed by atoms with Crippen LogP contribution in [0.25, 0.3) is 11.4 Å². The van der Waals surface area contributed by atoms with E-state index < -0.39 is 10.0 Å². The minimum atomic E-state index is -3.45. The van der Waals surface area contributed by atoms with E-state index >= 15 is 0 Å². The van der Waals surface area contributed by atoms with Crippen molar-refractivity contribution in [1.82, 2.24) is 19.6 Å². The summed E-state index contributed by atoms with van der Waals surface area (Å²) in [6, 6.07) is 9.08. The number of hydrogen-bond donors (Lipinski definition) is 0. The van der Waals surface area contributed by atoms with Gasteiger partial charge in [0.2, 0.25) is 15.8 Å². The Kier molecular flexibility index (Phi) is 4.85. The molecule has 0 unspecified atom stereocenters. The number of anilines is 1. The number of aromatic nitrogens is 3. The van der Waals surface area contributed by atoms with Crippen molar-refractivity contribution in [3.63, 3.8) is 0 Å². The molecule has 0 spiro atoms. The maximum atomic E-state index is 12.5. The van der Waals surface area contributed by atoms with Gasteiger partial charge in [0.1, 0.15) is 12.0 Å². The minimum absolute atomic E-state index is 0.178. The molecule has 11 heteroatoms. The molecule has 3 aromatic rings. The molecule has 1 saturated heterocycles. The molecule has 9 nitrogen and oxygen atoms in total. The molecule has 4 rings (SSSR count). The summed E-state index contributed by atoms with van der Waals surface area (Å²) in [6.07, 6.45) is 1.36. The van der Waals surface area contributed by atoms with Gasteiger partial charge in [0.25, 0.3) is 0 Å². The van der Waals surface area contributed by atoms with E-state index in [-0.39, 0.29) is 5.75 Å². The van der Waals surface area contributed by atoms with Crippen molar-refractivity contribution in [1.29, 1.82) is 0 Å². The van der Waals surface area contributed by atoms with Crippen LogP contribution in [0.4, 0.5) is 6.01 Å². The maximum Gasteiger partial charge on any atom is 0.324 e. The third-order valence-corrected chi connectivity index (χ3v) is 6.27. The standard InChI is InChI=1S/C16H16ClN5O4S/c17-13-3-1-2-12(10-13)15-18-16(26-20-15)21-5-7-22(8-6-21)27(23,24)11-14-4-9-25-19-14/h1-4,9-10H,5-8,11H2. The number of halogens is 1. The van der Waals surface area contributed by atoms with Gasteiger partial charge in [-0.05, 0) is 12.1 Å². The molecule has 0 N–H and O–H groups in total. The Morgan fingerprint density at radius 2 is 1.93 bits per heavy atom. The smallest absolute Gasteiger partial charge is 0.324 e. The summed E-state index contributed by atoms with van der Waals surface area (Å²) in [5.41, 5.74) is 1.15. The lowest BCUT2D eigenvalue weighted by Crippen LogP contribution is -2.49. The van der Waals surface area contributed by atoms with Crippen molar-refractivity contribution in [3.05, 3.63) is 47.3 Å². The van der Waals surface area contributed by atoms with E-state index in [2.05, 4.69) is 15.3 Å². The van der Waals surface area contributed by atoms with Crippen molar-refractivity contribution in [3.8, 4) is 11.4 Å². The fraction of sp³-hybridized carbons (Fsp3) is 0.312. The zero-order valence-corrected chi connectivity index (χ0v) is 15.7. The Bertz CT molecular complexity index is 1010. The second-order valence-corrected chi connectivity index (χ2v) is 8.45. The predicted molar refractivity (Wildman–Crippen MR) is 97.7 cm³/mol. The number of nitrogens with zero attached hydrogens (tertiary/aromatic N) is 5. The molecule has 142 valence electrons. The van der Waals surface area contributed by atoms with Crippen LogP contribution < -0.4 is 4.90 Å². The van der Waals surface area contributed by atoms with Gasteiger partial charge in [0, 0.05) is 42.8 Å². The Morgan fingerprint density at radius 1 is 1.11 bits per heavy atom. The van der Waals surface area contributed by atoms with Crippen molar-refractivity contribution in [2.24, 2.45) is 0 Å². The fourth-order valence-corrected chi connectivity index (χ4v) is 4.45. The van der Waals surface area contributed by atoms with Gasteiger partial charge in [-0.3, -0.25) is 0 Å². The van der Waals surface area contributed by atoms with E-state index in [1.54, 1.807) is 18.2 Å². The zero-order valence-electron chi connectivity index (χ0n) is 14.2. The molecule has 0 saturated carbocycles. The third-order valence-electron chi connectivity index (χ3n) is 4.22. The first-order valence-electron chi connectivity index (χ1n) is 8.23. The summed E-state index contributed by atoms with van der Waals surface area (Å²) in [5.74, 6) is 0.261. The van der Waals surface area contributed by atoms with Crippen LogP contribution in [0.15, 0.2) is 45.6 Å². The maximum absolute atomic E-state index is 12.5. The summed E-state index contributed by atoms with van der Waals surface area (Å²) >= 11 is 5.99. The van der Waals surface area contributed by atoms with Gasteiger partial charge < -0.3 is 13.9 Å². The van der Waals surface area contributed by atoms with Crippen LogP contribution in [0.2, 0.25) is 5.02 Å². The lowest BCUT2D eigenvalue weighted by Gasteiger charge is -2.32. The lowest BCUT2D eigenvalue weighted by atomic mass is 10.2. The quantitative estimate of drug-likeness (QED) is 0.630.